The molecule has 0 saturated carbocycles. The highest BCUT2D eigenvalue weighted by Gasteiger charge is 2.30. The molecule has 3 N–H and O–H groups in total. The Morgan fingerprint density at radius 2 is 1.88 bits per heavy atom. The van der Waals surface area contributed by atoms with Crippen molar-refractivity contribution in [1.29, 1.82) is 0 Å². The number of carbonyl (C=O) groups is 2. The fourth-order valence-corrected chi connectivity index (χ4v) is 3.74. The monoisotopic (exact) mass is 343 g/mol. The predicted molar refractivity (Wildman–Crippen MR) is 92.3 cm³/mol. The molecule has 0 aliphatic carbocycles. The van der Waals surface area contributed by atoms with Gasteiger partial charge in [0.05, 0.1) is 11.0 Å². The average molecular weight is 343 g/mol. The van der Waals surface area contributed by atoms with Crippen molar-refractivity contribution in [2.45, 2.75) is 31.3 Å². The number of para-hydroxylation sites is 2. The molecule has 8 nitrogen and oxygen atoms in total. The van der Waals surface area contributed by atoms with Crippen LogP contribution in [0.5, 0.6) is 0 Å². The van der Waals surface area contributed by atoms with E-state index in [2.05, 4.69) is 15.6 Å². The number of aromatic nitrogens is 2. The molecule has 25 heavy (non-hydrogen) atoms. The van der Waals surface area contributed by atoms with Crippen LogP contribution in [0.25, 0.3) is 11.0 Å². The zero-order valence-corrected chi connectivity index (χ0v) is 13.8. The smallest absolute Gasteiger partial charge is 0.326 e. The second kappa shape index (κ2) is 6.27. The molecule has 3 heterocycles. The van der Waals surface area contributed by atoms with E-state index in [0.717, 1.165) is 11.0 Å². The first kappa shape index (κ1) is 15.7. The van der Waals surface area contributed by atoms with Gasteiger partial charge in [-0.1, -0.05) is 12.1 Å². The number of piperidine rings is 1. The average Bonchev–Trinajstić information content (AvgIpc) is 3.17. The highest BCUT2D eigenvalue weighted by atomic mass is 16.2. The minimum atomic E-state index is -0.429. The van der Waals surface area contributed by atoms with E-state index in [1.165, 1.54) is 0 Å². The minimum absolute atomic E-state index is 0.0717. The Morgan fingerprint density at radius 3 is 2.60 bits per heavy atom. The van der Waals surface area contributed by atoms with Crippen molar-refractivity contribution in [3.63, 3.8) is 0 Å². The van der Waals surface area contributed by atoms with Crippen LogP contribution in [0.1, 0.15) is 25.3 Å². The molecule has 132 valence electrons. The van der Waals surface area contributed by atoms with Crippen LogP contribution in [0, 0.1) is 0 Å². The summed E-state index contributed by atoms with van der Waals surface area (Å²) in [5.74, 6) is -0.117. The molecule has 0 bridgehead atoms. The Morgan fingerprint density at radius 1 is 1.12 bits per heavy atom. The lowest BCUT2D eigenvalue weighted by Gasteiger charge is -2.33. The largest absolute Gasteiger partial charge is 0.354 e. The summed E-state index contributed by atoms with van der Waals surface area (Å²) in [4.78, 5) is 40.8. The number of nitrogens with zero attached hydrogens (tertiary/aromatic N) is 2. The van der Waals surface area contributed by atoms with Crippen LogP contribution in [0.15, 0.2) is 29.1 Å². The summed E-state index contributed by atoms with van der Waals surface area (Å²) in [5.41, 5.74) is 1.63. The number of carbonyl (C=O) groups excluding carboxylic acids is 2. The van der Waals surface area contributed by atoms with E-state index < -0.39 is 6.04 Å². The van der Waals surface area contributed by atoms with Crippen molar-refractivity contribution in [3.8, 4) is 0 Å². The Bertz CT molecular complexity index is 863. The molecule has 2 aliphatic heterocycles. The summed E-state index contributed by atoms with van der Waals surface area (Å²) in [6, 6.07) is 7.08. The zero-order valence-electron chi connectivity index (χ0n) is 13.8. The molecular weight excluding hydrogens is 322 g/mol. The van der Waals surface area contributed by atoms with E-state index in [-0.39, 0.29) is 23.7 Å². The number of likely N-dealkylation sites (tertiary alicyclic amines) is 1. The molecule has 0 spiro atoms. The van der Waals surface area contributed by atoms with Crippen molar-refractivity contribution < 1.29 is 9.59 Å². The van der Waals surface area contributed by atoms with E-state index >= 15 is 0 Å². The number of aromatic amines is 1. The second-order valence-electron chi connectivity index (χ2n) is 6.62. The summed E-state index contributed by atoms with van der Waals surface area (Å²) >= 11 is 0. The molecule has 2 fully saturated rings. The van der Waals surface area contributed by atoms with Crippen molar-refractivity contribution in [1.82, 2.24) is 25.1 Å². The highest BCUT2D eigenvalue weighted by Crippen LogP contribution is 2.24. The maximum atomic E-state index is 12.3. The third-order valence-corrected chi connectivity index (χ3v) is 5.09. The number of H-pyrrole nitrogens is 1. The van der Waals surface area contributed by atoms with Crippen LogP contribution in [0.4, 0.5) is 4.79 Å². The van der Waals surface area contributed by atoms with Gasteiger partial charge in [-0.2, -0.15) is 0 Å². The van der Waals surface area contributed by atoms with Gasteiger partial charge in [-0.25, -0.2) is 9.59 Å². The second-order valence-corrected chi connectivity index (χ2v) is 6.62. The Balaban J connectivity index is 1.42. The number of fused-ring (bicyclic) bond motifs is 1. The number of urea groups is 1. The van der Waals surface area contributed by atoms with Crippen LogP contribution < -0.4 is 16.3 Å². The highest BCUT2D eigenvalue weighted by molar-refractivity contribution is 5.88. The van der Waals surface area contributed by atoms with Gasteiger partial charge in [-0.05, 0) is 31.4 Å². The molecule has 0 radical (unpaired) electrons. The third kappa shape index (κ3) is 2.88. The van der Waals surface area contributed by atoms with Crippen LogP contribution in [-0.4, -0.2) is 52.1 Å². The fraction of sp³-hybridized carbons (Fsp3) is 0.471. The molecule has 1 atom stereocenters. The van der Waals surface area contributed by atoms with Gasteiger partial charge < -0.3 is 20.5 Å². The summed E-state index contributed by atoms with van der Waals surface area (Å²) in [6.45, 7) is 1.74. The summed E-state index contributed by atoms with van der Waals surface area (Å²) in [5, 5.41) is 5.50. The molecule has 3 amide bonds. The van der Waals surface area contributed by atoms with Crippen molar-refractivity contribution in [3.05, 3.63) is 34.7 Å². The van der Waals surface area contributed by atoms with Gasteiger partial charge in [0.1, 0.15) is 6.04 Å². The molecule has 2 saturated heterocycles. The lowest BCUT2D eigenvalue weighted by molar-refractivity contribution is -0.120. The number of nitrogens with one attached hydrogen (secondary N) is 3. The van der Waals surface area contributed by atoms with E-state index in [1.54, 1.807) is 9.47 Å². The normalized spacial score (nSPS) is 21.5. The van der Waals surface area contributed by atoms with E-state index in [1.807, 2.05) is 24.3 Å². The molecule has 8 heteroatoms. The number of hydrogen-bond donors (Lipinski definition) is 3. The van der Waals surface area contributed by atoms with E-state index in [9.17, 15) is 14.4 Å². The molecule has 1 aromatic heterocycles. The van der Waals surface area contributed by atoms with Gasteiger partial charge >= 0.3 is 11.7 Å². The van der Waals surface area contributed by atoms with Gasteiger partial charge in [-0.3, -0.25) is 9.36 Å². The molecule has 1 unspecified atom stereocenters. The van der Waals surface area contributed by atoms with Crippen LogP contribution in [0.3, 0.4) is 0 Å². The quantitative estimate of drug-likeness (QED) is 0.743. The first-order valence-corrected chi connectivity index (χ1v) is 8.66. The number of benzene rings is 1. The number of rotatable bonds is 2. The summed E-state index contributed by atoms with van der Waals surface area (Å²) < 4.78 is 1.80. The number of imidazole rings is 1. The maximum absolute atomic E-state index is 12.3. The van der Waals surface area contributed by atoms with Gasteiger partial charge in [0.2, 0.25) is 5.91 Å². The molecule has 2 aliphatic rings. The first-order valence-electron chi connectivity index (χ1n) is 8.66. The molecule has 1 aromatic carbocycles. The predicted octanol–water partition coefficient (Wildman–Crippen LogP) is 0.565. The Labute approximate surface area is 144 Å². The first-order chi connectivity index (χ1) is 12.1. The molecule has 4 rings (SSSR count). The molecule has 2 aromatic rings. The van der Waals surface area contributed by atoms with Gasteiger partial charge in [0, 0.05) is 25.7 Å². The van der Waals surface area contributed by atoms with Crippen molar-refractivity contribution in [2.75, 3.05) is 19.6 Å². The fourth-order valence-electron chi connectivity index (χ4n) is 3.74. The van der Waals surface area contributed by atoms with Gasteiger partial charge in [0.15, 0.2) is 0 Å². The lowest BCUT2D eigenvalue weighted by Crippen LogP contribution is -2.50. The van der Waals surface area contributed by atoms with Crippen molar-refractivity contribution in [2.24, 2.45) is 0 Å². The summed E-state index contributed by atoms with van der Waals surface area (Å²) in [7, 11) is 0. The van der Waals surface area contributed by atoms with Crippen LogP contribution in [-0.2, 0) is 4.79 Å². The summed E-state index contributed by atoms with van der Waals surface area (Å²) in [6.07, 6.45) is 2.06. The standard InChI is InChI=1S/C17H21N5O3/c23-15-13(5-8-18-15)20-16(24)21-9-6-11(7-10-21)22-14-4-2-1-3-12(14)19-17(22)25/h1-4,11,13H,5-10H2,(H,18,23)(H,19,25)(H,20,24). The van der Waals surface area contributed by atoms with E-state index in [4.69, 9.17) is 0 Å². The maximum Gasteiger partial charge on any atom is 0.326 e. The van der Waals surface area contributed by atoms with Gasteiger partial charge in [-0.15, -0.1) is 0 Å². The van der Waals surface area contributed by atoms with E-state index in [0.29, 0.717) is 38.9 Å². The SMILES string of the molecule is O=C1NCCC1NC(=O)N1CCC(n2c(=O)[nH]c3ccccc32)CC1. The molecular formula is C17H21N5O3. The minimum Gasteiger partial charge on any atom is -0.354 e. The van der Waals surface area contributed by atoms with Crippen molar-refractivity contribution >= 4 is 23.0 Å². The van der Waals surface area contributed by atoms with Crippen LogP contribution in [0.2, 0.25) is 0 Å². The lowest BCUT2D eigenvalue weighted by atomic mass is 10.0. The van der Waals surface area contributed by atoms with Gasteiger partial charge in [0.25, 0.3) is 0 Å². The Kier molecular flexibility index (Phi) is 3.95. The number of hydrogen-bond acceptors (Lipinski definition) is 3. The number of amides is 3. The topological polar surface area (TPSA) is 99.2 Å². The zero-order chi connectivity index (χ0) is 17.4. The third-order valence-electron chi connectivity index (χ3n) is 5.09. The Hall–Kier alpha value is -2.77. The van der Waals surface area contributed by atoms with Crippen LogP contribution >= 0.6 is 0 Å².